The highest BCUT2D eigenvalue weighted by atomic mass is 16.3. The summed E-state index contributed by atoms with van der Waals surface area (Å²) in [5, 5.41) is 9.13. The van der Waals surface area contributed by atoms with Crippen molar-refractivity contribution in [2.45, 2.75) is 39.5 Å². The molecule has 1 rings (SSSR count). The van der Waals surface area contributed by atoms with Crippen LogP contribution in [0.15, 0.2) is 0 Å². The molecule has 1 aliphatic carbocycles. The average molecular weight is 142 g/mol. The third-order valence-corrected chi connectivity index (χ3v) is 2.75. The predicted molar refractivity (Wildman–Crippen MR) is 42.8 cm³/mol. The van der Waals surface area contributed by atoms with Gasteiger partial charge in [0, 0.05) is 6.61 Å². The van der Waals surface area contributed by atoms with Crippen molar-refractivity contribution in [2.24, 2.45) is 11.3 Å². The lowest BCUT2D eigenvalue weighted by molar-refractivity contribution is 0.109. The molecule has 0 saturated heterocycles. The van der Waals surface area contributed by atoms with Gasteiger partial charge in [0.05, 0.1) is 0 Å². The summed E-state index contributed by atoms with van der Waals surface area (Å²) in [7, 11) is 0. The Hall–Kier alpha value is -0.0400. The van der Waals surface area contributed by atoms with E-state index in [2.05, 4.69) is 13.8 Å². The monoisotopic (exact) mass is 142 g/mol. The van der Waals surface area contributed by atoms with E-state index in [1.807, 2.05) is 0 Å². The molecule has 0 radical (unpaired) electrons. The second-order valence-electron chi connectivity index (χ2n) is 3.84. The Morgan fingerprint density at radius 3 is 2.40 bits per heavy atom. The molecule has 0 aromatic carbocycles. The second kappa shape index (κ2) is 2.91. The van der Waals surface area contributed by atoms with Gasteiger partial charge in [-0.25, -0.2) is 0 Å². The summed E-state index contributed by atoms with van der Waals surface area (Å²) in [6.45, 7) is 4.79. The molecule has 1 nitrogen and oxygen atoms in total. The number of hydrogen-bond donors (Lipinski definition) is 1. The van der Waals surface area contributed by atoms with Crippen LogP contribution in [0.5, 0.6) is 0 Å². The third-order valence-electron chi connectivity index (χ3n) is 2.75. The van der Waals surface area contributed by atoms with E-state index in [-0.39, 0.29) is 5.41 Å². The van der Waals surface area contributed by atoms with E-state index >= 15 is 0 Å². The van der Waals surface area contributed by atoms with Crippen LogP contribution >= 0.6 is 0 Å². The molecule has 1 saturated carbocycles. The fourth-order valence-electron chi connectivity index (χ4n) is 1.76. The molecule has 1 atom stereocenters. The van der Waals surface area contributed by atoms with E-state index in [1.165, 1.54) is 25.7 Å². The number of hydrogen-bond acceptors (Lipinski definition) is 1. The van der Waals surface area contributed by atoms with Crippen LogP contribution in [0.3, 0.4) is 0 Å². The predicted octanol–water partition coefficient (Wildman–Crippen LogP) is 2.20. The lowest BCUT2D eigenvalue weighted by atomic mass is 9.81. The van der Waals surface area contributed by atoms with Crippen molar-refractivity contribution in [3.05, 3.63) is 0 Å². The molecule has 0 aromatic heterocycles. The van der Waals surface area contributed by atoms with Gasteiger partial charge in [0.2, 0.25) is 0 Å². The quantitative estimate of drug-likeness (QED) is 0.638. The highest BCUT2D eigenvalue weighted by molar-refractivity contribution is 4.90. The Labute approximate surface area is 63.4 Å². The molecular formula is C9H18O. The maximum absolute atomic E-state index is 9.13. The molecule has 1 fully saturated rings. The minimum Gasteiger partial charge on any atom is -0.396 e. The number of aliphatic hydroxyl groups is 1. The Morgan fingerprint density at radius 2 is 2.10 bits per heavy atom. The summed E-state index contributed by atoms with van der Waals surface area (Å²) in [5.41, 5.74) is 0.259. The average Bonchev–Trinajstić information content (AvgIpc) is 2.69. The van der Waals surface area contributed by atoms with Gasteiger partial charge in [-0.15, -0.1) is 0 Å². The van der Waals surface area contributed by atoms with E-state index in [0.717, 1.165) is 5.92 Å². The van der Waals surface area contributed by atoms with Crippen LogP contribution in [-0.2, 0) is 0 Å². The standard InChI is InChI=1S/C9H18O/c1-3-6-9(2,7-10)8-4-5-8/h8,10H,3-7H2,1-2H3. The molecule has 1 heteroatoms. The first kappa shape index (κ1) is 8.06. The van der Waals surface area contributed by atoms with Gasteiger partial charge in [-0.1, -0.05) is 20.3 Å². The molecule has 0 aliphatic heterocycles. The van der Waals surface area contributed by atoms with Crippen molar-refractivity contribution in [3.8, 4) is 0 Å². The van der Waals surface area contributed by atoms with Crippen molar-refractivity contribution in [1.82, 2.24) is 0 Å². The summed E-state index contributed by atoms with van der Waals surface area (Å²) >= 11 is 0. The number of rotatable bonds is 4. The molecule has 60 valence electrons. The van der Waals surface area contributed by atoms with Gasteiger partial charge in [0.25, 0.3) is 0 Å². The zero-order valence-corrected chi connectivity index (χ0v) is 7.06. The maximum atomic E-state index is 9.13. The van der Waals surface area contributed by atoms with Crippen LogP contribution in [-0.4, -0.2) is 11.7 Å². The fourth-order valence-corrected chi connectivity index (χ4v) is 1.76. The normalized spacial score (nSPS) is 24.3. The maximum Gasteiger partial charge on any atom is 0.0487 e. The summed E-state index contributed by atoms with van der Waals surface area (Å²) < 4.78 is 0. The van der Waals surface area contributed by atoms with Crippen molar-refractivity contribution in [1.29, 1.82) is 0 Å². The van der Waals surface area contributed by atoms with E-state index in [0.29, 0.717) is 6.61 Å². The van der Waals surface area contributed by atoms with Crippen LogP contribution in [0.4, 0.5) is 0 Å². The Bertz CT molecular complexity index is 107. The summed E-state index contributed by atoms with van der Waals surface area (Å²) in [4.78, 5) is 0. The van der Waals surface area contributed by atoms with Gasteiger partial charge in [-0.2, -0.15) is 0 Å². The smallest absolute Gasteiger partial charge is 0.0487 e. The summed E-state index contributed by atoms with van der Waals surface area (Å²) in [6.07, 6.45) is 5.08. The van der Waals surface area contributed by atoms with Crippen molar-refractivity contribution < 1.29 is 5.11 Å². The Balaban J connectivity index is 2.39. The van der Waals surface area contributed by atoms with Gasteiger partial charge in [0.1, 0.15) is 0 Å². The first-order valence-electron chi connectivity index (χ1n) is 4.34. The van der Waals surface area contributed by atoms with Crippen LogP contribution in [0, 0.1) is 11.3 Å². The molecule has 1 aliphatic rings. The van der Waals surface area contributed by atoms with Crippen molar-refractivity contribution >= 4 is 0 Å². The molecule has 0 spiro atoms. The first-order valence-corrected chi connectivity index (χ1v) is 4.34. The van der Waals surface area contributed by atoms with Gasteiger partial charge in [-0.05, 0) is 30.6 Å². The van der Waals surface area contributed by atoms with Crippen LogP contribution in [0.2, 0.25) is 0 Å². The van der Waals surface area contributed by atoms with Crippen molar-refractivity contribution in [3.63, 3.8) is 0 Å². The van der Waals surface area contributed by atoms with Gasteiger partial charge in [-0.3, -0.25) is 0 Å². The van der Waals surface area contributed by atoms with Gasteiger partial charge < -0.3 is 5.11 Å². The molecular weight excluding hydrogens is 124 g/mol. The third kappa shape index (κ3) is 1.51. The van der Waals surface area contributed by atoms with E-state index in [9.17, 15) is 0 Å². The van der Waals surface area contributed by atoms with E-state index in [4.69, 9.17) is 5.11 Å². The largest absolute Gasteiger partial charge is 0.396 e. The molecule has 10 heavy (non-hydrogen) atoms. The topological polar surface area (TPSA) is 20.2 Å². The number of aliphatic hydroxyl groups excluding tert-OH is 1. The fraction of sp³-hybridized carbons (Fsp3) is 1.00. The van der Waals surface area contributed by atoms with Crippen LogP contribution in [0.1, 0.15) is 39.5 Å². The first-order chi connectivity index (χ1) is 4.73. The van der Waals surface area contributed by atoms with E-state index in [1.54, 1.807) is 0 Å². The SMILES string of the molecule is CCCC(C)(CO)C1CC1. The van der Waals surface area contributed by atoms with Crippen LogP contribution < -0.4 is 0 Å². The minimum atomic E-state index is 0.259. The van der Waals surface area contributed by atoms with Crippen molar-refractivity contribution in [2.75, 3.05) is 6.61 Å². The highest BCUT2D eigenvalue weighted by Gasteiger charge is 2.39. The Morgan fingerprint density at radius 1 is 1.50 bits per heavy atom. The zero-order chi connectivity index (χ0) is 7.61. The zero-order valence-electron chi connectivity index (χ0n) is 7.06. The van der Waals surface area contributed by atoms with Crippen LogP contribution in [0.25, 0.3) is 0 Å². The van der Waals surface area contributed by atoms with Gasteiger partial charge in [0.15, 0.2) is 0 Å². The Kier molecular flexibility index (Phi) is 2.35. The second-order valence-corrected chi connectivity index (χ2v) is 3.84. The highest BCUT2D eigenvalue weighted by Crippen LogP contribution is 2.47. The molecule has 1 unspecified atom stereocenters. The lowest BCUT2D eigenvalue weighted by Gasteiger charge is -2.26. The molecule has 0 bridgehead atoms. The molecule has 0 heterocycles. The summed E-state index contributed by atoms with van der Waals surface area (Å²) in [5.74, 6) is 0.831. The summed E-state index contributed by atoms with van der Waals surface area (Å²) in [6, 6.07) is 0. The molecule has 0 amide bonds. The molecule has 1 N–H and O–H groups in total. The minimum absolute atomic E-state index is 0.259. The molecule has 0 aromatic rings. The van der Waals surface area contributed by atoms with Gasteiger partial charge >= 0.3 is 0 Å². The lowest BCUT2D eigenvalue weighted by Crippen LogP contribution is -2.23. The van der Waals surface area contributed by atoms with E-state index < -0.39 is 0 Å².